The van der Waals surface area contributed by atoms with Gasteiger partial charge in [-0.3, -0.25) is 4.79 Å². The number of hydrogen-bond donors (Lipinski definition) is 0. The summed E-state index contributed by atoms with van der Waals surface area (Å²) in [6, 6.07) is 14.3. The van der Waals surface area contributed by atoms with Gasteiger partial charge in [0.1, 0.15) is 5.82 Å². The highest BCUT2D eigenvalue weighted by molar-refractivity contribution is 5.79. The van der Waals surface area contributed by atoms with Crippen LogP contribution in [0.3, 0.4) is 0 Å². The zero-order valence-corrected chi connectivity index (χ0v) is 16.3. The first-order valence-electron chi connectivity index (χ1n) is 9.73. The van der Waals surface area contributed by atoms with Gasteiger partial charge in [-0.15, -0.1) is 5.10 Å². The molecular formula is C21H23FN6O. The number of anilines is 1. The van der Waals surface area contributed by atoms with Crippen molar-refractivity contribution in [3.05, 3.63) is 65.7 Å². The smallest absolute Gasteiger partial charge is 0.227 e. The summed E-state index contributed by atoms with van der Waals surface area (Å²) in [6.07, 6.45) is 1.26. The molecule has 1 saturated heterocycles. The molecule has 2 aromatic carbocycles. The topological polar surface area (TPSA) is 67.2 Å². The largest absolute Gasteiger partial charge is 0.370 e. The van der Waals surface area contributed by atoms with Gasteiger partial charge in [-0.05, 0) is 65.7 Å². The fourth-order valence-corrected chi connectivity index (χ4v) is 3.59. The Bertz CT molecular complexity index is 970. The van der Waals surface area contributed by atoms with Crippen LogP contribution in [0.5, 0.6) is 0 Å². The second kappa shape index (κ2) is 8.38. The van der Waals surface area contributed by atoms with Gasteiger partial charge in [0.15, 0.2) is 5.82 Å². The summed E-state index contributed by atoms with van der Waals surface area (Å²) in [4.78, 5) is 16.9. The molecule has 3 aromatic rings. The third kappa shape index (κ3) is 4.42. The Kier molecular flexibility index (Phi) is 5.50. The van der Waals surface area contributed by atoms with E-state index in [2.05, 4.69) is 20.4 Å². The van der Waals surface area contributed by atoms with E-state index in [0.717, 1.165) is 43.0 Å². The van der Waals surface area contributed by atoms with Crippen molar-refractivity contribution in [3.8, 4) is 5.69 Å². The van der Waals surface area contributed by atoms with Crippen molar-refractivity contribution in [2.75, 3.05) is 31.1 Å². The molecule has 1 aliphatic heterocycles. The molecule has 0 aliphatic carbocycles. The van der Waals surface area contributed by atoms with Crippen LogP contribution >= 0.6 is 0 Å². The summed E-state index contributed by atoms with van der Waals surface area (Å²) in [6.45, 7) is 4.84. The van der Waals surface area contributed by atoms with Gasteiger partial charge in [-0.2, -0.15) is 4.68 Å². The number of aromatic nitrogens is 4. The van der Waals surface area contributed by atoms with Crippen molar-refractivity contribution >= 4 is 11.6 Å². The summed E-state index contributed by atoms with van der Waals surface area (Å²) in [5.74, 6) is 0.600. The SMILES string of the molecule is Cc1nnnn1-c1ccc(CC(=O)N2CCCN(c3ccc(F)cc3)CC2)cc1. The van der Waals surface area contributed by atoms with Crippen LogP contribution in [0.15, 0.2) is 48.5 Å². The van der Waals surface area contributed by atoms with E-state index < -0.39 is 0 Å². The van der Waals surface area contributed by atoms with Crippen LogP contribution in [0.25, 0.3) is 5.69 Å². The highest BCUT2D eigenvalue weighted by atomic mass is 19.1. The second-order valence-electron chi connectivity index (χ2n) is 7.18. The standard InChI is InChI=1S/C21H23FN6O/c1-16-23-24-25-28(16)20-7-3-17(4-8-20)15-21(29)27-12-2-11-26(13-14-27)19-9-5-18(22)6-10-19/h3-10H,2,11-15H2,1H3. The second-order valence-corrected chi connectivity index (χ2v) is 7.18. The molecule has 0 bridgehead atoms. The molecule has 8 heteroatoms. The molecule has 1 aliphatic rings. The Morgan fingerprint density at radius 2 is 1.69 bits per heavy atom. The van der Waals surface area contributed by atoms with E-state index in [1.807, 2.05) is 36.1 Å². The van der Waals surface area contributed by atoms with Gasteiger partial charge in [-0.25, -0.2) is 4.39 Å². The molecule has 2 heterocycles. The summed E-state index contributed by atoms with van der Waals surface area (Å²) in [5, 5.41) is 11.5. The maximum absolute atomic E-state index is 13.2. The molecule has 0 N–H and O–H groups in total. The number of amides is 1. The van der Waals surface area contributed by atoms with Crippen LogP contribution in [-0.4, -0.2) is 57.2 Å². The van der Waals surface area contributed by atoms with Gasteiger partial charge in [0.25, 0.3) is 0 Å². The minimum Gasteiger partial charge on any atom is -0.370 e. The van der Waals surface area contributed by atoms with Crippen LogP contribution in [0.1, 0.15) is 17.8 Å². The van der Waals surface area contributed by atoms with E-state index in [1.54, 1.807) is 16.8 Å². The third-order valence-corrected chi connectivity index (χ3v) is 5.20. The lowest BCUT2D eigenvalue weighted by Crippen LogP contribution is -2.36. The fraction of sp³-hybridized carbons (Fsp3) is 0.333. The van der Waals surface area contributed by atoms with E-state index in [9.17, 15) is 9.18 Å². The highest BCUT2D eigenvalue weighted by Gasteiger charge is 2.19. The van der Waals surface area contributed by atoms with Gasteiger partial charge >= 0.3 is 0 Å². The van der Waals surface area contributed by atoms with Crippen molar-refractivity contribution in [1.82, 2.24) is 25.1 Å². The van der Waals surface area contributed by atoms with Crippen LogP contribution < -0.4 is 4.90 Å². The molecule has 0 spiro atoms. The van der Waals surface area contributed by atoms with Crippen LogP contribution in [-0.2, 0) is 11.2 Å². The monoisotopic (exact) mass is 394 g/mol. The molecule has 150 valence electrons. The number of carbonyl (C=O) groups excluding carboxylic acids is 1. The molecule has 1 amide bonds. The Morgan fingerprint density at radius 3 is 2.38 bits per heavy atom. The minimum atomic E-state index is -0.235. The average Bonchev–Trinajstić information content (AvgIpc) is 3.00. The number of halogens is 1. The fourth-order valence-electron chi connectivity index (χ4n) is 3.59. The molecule has 0 atom stereocenters. The number of hydrogen-bond acceptors (Lipinski definition) is 5. The van der Waals surface area contributed by atoms with E-state index in [-0.39, 0.29) is 11.7 Å². The van der Waals surface area contributed by atoms with E-state index in [1.165, 1.54) is 12.1 Å². The summed E-state index contributed by atoms with van der Waals surface area (Å²) >= 11 is 0. The zero-order valence-electron chi connectivity index (χ0n) is 16.3. The maximum Gasteiger partial charge on any atom is 0.227 e. The van der Waals surface area contributed by atoms with Crippen LogP contribution in [0.4, 0.5) is 10.1 Å². The molecule has 0 unspecified atom stereocenters. The lowest BCUT2D eigenvalue weighted by molar-refractivity contribution is -0.130. The quantitative estimate of drug-likeness (QED) is 0.680. The summed E-state index contributed by atoms with van der Waals surface area (Å²) < 4.78 is 14.8. The van der Waals surface area contributed by atoms with Gasteiger partial charge in [0.05, 0.1) is 12.1 Å². The number of rotatable bonds is 4. The zero-order chi connectivity index (χ0) is 20.2. The van der Waals surface area contributed by atoms with Gasteiger partial charge in [-0.1, -0.05) is 12.1 Å². The first kappa shape index (κ1) is 19.0. The number of aryl methyl sites for hydroxylation is 1. The van der Waals surface area contributed by atoms with E-state index in [4.69, 9.17) is 0 Å². The van der Waals surface area contributed by atoms with Crippen molar-refractivity contribution in [1.29, 1.82) is 0 Å². The first-order chi connectivity index (χ1) is 14.1. The van der Waals surface area contributed by atoms with Crippen molar-refractivity contribution in [2.45, 2.75) is 19.8 Å². The summed E-state index contributed by atoms with van der Waals surface area (Å²) in [7, 11) is 0. The lowest BCUT2D eigenvalue weighted by Gasteiger charge is -2.23. The molecule has 1 fully saturated rings. The van der Waals surface area contributed by atoms with Crippen LogP contribution in [0, 0.1) is 12.7 Å². The number of nitrogens with zero attached hydrogens (tertiary/aromatic N) is 6. The number of benzene rings is 2. The van der Waals surface area contributed by atoms with Crippen molar-refractivity contribution in [2.24, 2.45) is 0 Å². The molecule has 0 radical (unpaired) electrons. The van der Waals surface area contributed by atoms with Gasteiger partial charge in [0.2, 0.25) is 5.91 Å². The number of tetrazole rings is 1. The Balaban J connectivity index is 1.36. The highest BCUT2D eigenvalue weighted by Crippen LogP contribution is 2.18. The van der Waals surface area contributed by atoms with Crippen molar-refractivity contribution in [3.63, 3.8) is 0 Å². The first-order valence-corrected chi connectivity index (χ1v) is 9.73. The molecule has 7 nitrogen and oxygen atoms in total. The van der Waals surface area contributed by atoms with E-state index in [0.29, 0.717) is 18.8 Å². The Morgan fingerprint density at radius 1 is 0.966 bits per heavy atom. The molecule has 0 saturated carbocycles. The lowest BCUT2D eigenvalue weighted by atomic mass is 10.1. The third-order valence-electron chi connectivity index (χ3n) is 5.20. The van der Waals surface area contributed by atoms with Gasteiger partial charge in [0, 0.05) is 31.9 Å². The average molecular weight is 394 g/mol. The predicted octanol–water partition coefficient (Wildman–Crippen LogP) is 2.39. The predicted molar refractivity (Wildman–Crippen MR) is 107 cm³/mol. The van der Waals surface area contributed by atoms with E-state index >= 15 is 0 Å². The molecule has 1 aromatic heterocycles. The Hall–Kier alpha value is -3.29. The van der Waals surface area contributed by atoms with Crippen LogP contribution in [0.2, 0.25) is 0 Å². The normalized spacial score (nSPS) is 14.7. The Labute approximate surface area is 168 Å². The minimum absolute atomic E-state index is 0.123. The molecule has 29 heavy (non-hydrogen) atoms. The molecule has 4 rings (SSSR count). The number of carbonyl (C=O) groups is 1. The van der Waals surface area contributed by atoms with Crippen molar-refractivity contribution < 1.29 is 9.18 Å². The van der Waals surface area contributed by atoms with Gasteiger partial charge < -0.3 is 9.80 Å². The maximum atomic E-state index is 13.2. The summed E-state index contributed by atoms with van der Waals surface area (Å²) in [5.41, 5.74) is 2.83. The molecular weight excluding hydrogens is 371 g/mol.